The maximum atomic E-state index is 5.12. The van der Waals surface area contributed by atoms with Crippen molar-refractivity contribution in [2.45, 2.75) is 32.7 Å². The summed E-state index contributed by atoms with van der Waals surface area (Å²) < 4.78 is 5.12. The molecule has 1 aromatic rings. The Hall–Kier alpha value is -0.940. The molecule has 0 amide bonds. The van der Waals surface area contributed by atoms with Crippen LogP contribution in [0.1, 0.15) is 31.5 Å². The fraction of sp³-hybridized carbons (Fsp3) is 0.833. The van der Waals surface area contributed by atoms with E-state index in [4.69, 9.17) is 4.52 Å². The Morgan fingerprint density at radius 1 is 1.41 bits per heavy atom. The number of hydrogen-bond donors (Lipinski definition) is 1. The van der Waals surface area contributed by atoms with Crippen LogP contribution in [0.15, 0.2) is 4.52 Å². The first-order valence-electron chi connectivity index (χ1n) is 6.50. The quantitative estimate of drug-likeness (QED) is 0.831. The van der Waals surface area contributed by atoms with E-state index in [0.29, 0.717) is 0 Å². The molecule has 17 heavy (non-hydrogen) atoms. The van der Waals surface area contributed by atoms with Gasteiger partial charge in [0.1, 0.15) is 0 Å². The van der Waals surface area contributed by atoms with Gasteiger partial charge in [-0.2, -0.15) is 4.98 Å². The summed E-state index contributed by atoms with van der Waals surface area (Å²) in [4.78, 5) is 6.76. The highest BCUT2D eigenvalue weighted by molar-refractivity contribution is 4.87. The molecule has 0 radical (unpaired) electrons. The third-order valence-corrected chi connectivity index (χ3v) is 3.38. The SMILES string of the molecule is CCc1nc(CN2CCC(CNC)CC2)no1. The zero-order chi connectivity index (χ0) is 12.1. The van der Waals surface area contributed by atoms with Gasteiger partial charge in [-0.1, -0.05) is 12.1 Å². The minimum Gasteiger partial charge on any atom is -0.339 e. The van der Waals surface area contributed by atoms with Crippen molar-refractivity contribution in [1.29, 1.82) is 0 Å². The van der Waals surface area contributed by atoms with Crippen molar-refractivity contribution >= 4 is 0 Å². The smallest absolute Gasteiger partial charge is 0.226 e. The number of rotatable bonds is 5. The Kier molecular flexibility index (Phi) is 4.50. The summed E-state index contributed by atoms with van der Waals surface area (Å²) in [6, 6.07) is 0. The van der Waals surface area contributed by atoms with Crippen LogP contribution >= 0.6 is 0 Å². The first-order chi connectivity index (χ1) is 8.31. The van der Waals surface area contributed by atoms with E-state index in [0.717, 1.165) is 50.2 Å². The Bertz CT molecular complexity index is 331. The topological polar surface area (TPSA) is 54.2 Å². The zero-order valence-electron chi connectivity index (χ0n) is 10.8. The fourth-order valence-electron chi connectivity index (χ4n) is 2.34. The molecule has 2 rings (SSSR count). The van der Waals surface area contributed by atoms with E-state index in [-0.39, 0.29) is 0 Å². The summed E-state index contributed by atoms with van der Waals surface area (Å²) in [6.07, 6.45) is 3.34. The van der Waals surface area contributed by atoms with E-state index in [9.17, 15) is 0 Å². The second-order valence-electron chi connectivity index (χ2n) is 4.74. The van der Waals surface area contributed by atoms with Gasteiger partial charge >= 0.3 is 0 Å². The van der Waals surface area contributed by atoms with Crippen molar-refractivity contribution in [3.05, 3.63) is 11.7 Å². The molecule has 0 aliphatic carbocycles. The van der Waals surface area contributed by atoms with Crippen molar-refractivity contribution in [3.8, 4) is 0 Å². The van der Waals surface area contributed by atoms with Crippen LogP contribution in [0.3, 0.4) is 0 Å². The second-order valence-corrected chi connectivity index (χ2v) is 4.74. The predicted octanol–water partition coefficient (Wildman–Crippen LogP) is 1.06. The van der Waals surface area contributed by atoms with Crippen molar-refractivity contribution in [2.75, 3.05) is 26.7 Å². The Morgan fingerprint density at radius 3 is 2.76 bits per heavy atom. The average Bonchev–Trinajstić information content (AvgIpc) is 2.80. The van der Waals surface area contributed by atoms with Gasteiger partial charge in [0.2, 0.25) is 5.89 Å². The highest BCUT2D eigenvalue weighted by Crippen LogP contribution is 2.17. The predicted molar refractivity (Wildman–Crippen MR) is 65.6 cm³/mol. The van der Waals surface area contributed by atoms with Gasteiger partial charge in [0, 0.05) is 6.42 Å². The van der Waals surface area contributed by atoms with Crippen molar-refractivity contribution in [2.24, 2.45) is 5.92 Å². The molecule has 5 nitrogen and oxygen atoms in total. The molecule has 1 aromatic heterocycles. The Balaban J connectivity index is 1.77. The lowest BCUT2D eigenvalue weighted by Crippen LogP contribution is -2.36. The van der Waals surface area contributed by atoms with E-state index in [1.807, 2.05) is 14.0 Å². The van der Waals surface area contributed by atoms with Crippen LogP contribution in [0.2, 0.25) is 0 Å². The summed E-state index contributed by atoms with van der Waals surface area (Å²) in [5.74, 6) is 2.40. The van der Waals surface area contributed by atoms with Crippen molar-refractivity contribution < 1.29 is 4.52 Å². The number of aromatic nitrogens is 2. The molecule has 0 bridgehead atoms. The molecule has 1 N–H and O–H groups in total. The van der Waals surface area contributed by atoms with E-state index < -0.39 is 0 Å². The van der Waals surface area contributed by atoms with Crippen LogP contribution in [-0.4, -0.2) is 41.7 Å². The largest absolute Gasteiger partial charge is 0.339 e. The van der Waals surface area contributed by atoms with E-state index >= 15 is 0 Å². The molecule has 1 saturated heterocycles. The number of nitrogens with one attached hydrogen (secondary N) is 1. The summed E-state index contributed by atoms with van der Waals surface area (Å²) >= 11 is 0. The van der Waals surface area contributed by atoms with Gasteiger partial charge in [-0.15, -0.1) is 0 Å². The molecule has 1 aliphatic heterocycles. The number of piperidine rings is 1. The van der Waals surface area contributed by atoms with Crippen LogP contribution in [0, 0.1) is 5.92 Å². The first kappa shape index (κ1) is 12.5. The molecule has 0 atom stereocenters. The lowest BCUT2D eigenvalue weighted by atomic mass is 9.97. The lowest BCUT2D eigenvalue weighted by Gasteiger charge is -2.30. The molecule has 5 heteroatoms. The standard InChI is InChI=1S/C12H22N4O/c1-3-12-14-11(15-17-12)9-16-6-4-10(5-7-16)8-13-2/h10,13H,3-9H2,1-2H3. The highest BCUT2D eigenvalue weighted by Gasteiger charge is 2.19. The molecule has 0 saturated carbocycles. The van der Waals surface area contributed by atoms with E-state index in [2.05, 4.69) is 20.4 Å². The summed E-state index contributed by atoms with van der Waals surface area (Å²) in [5.41, 5.74) is 0. The van der Waals surface area contributed by atoms with E-state index in [1.54, 1.807) is 0 Å². The van der Waals surface area contributed by atoms with E-state index in [1.165, 1.54) is 12.8 Å². The molecule has 2 heterocycles. The van der Waals surface area contributed by atoms with Crippen LogP contribution in [0.25, 0.3) is 0 Å². The van der Waals surface area contributed by atoms with Gasteiger partial charge in [-0.3, -0.25) is 4.90 Å². The van der Waals surface area contributed by atoms with Crippen molar-refractivity contribution in [3.63, 3.8) is 0 Å². The molecule has 0 spiro atoms. The minimum atomic E-state index is 0.741. The molecule has 0 aromatic carbocycles. The summed E-state index contributed by atoms with van der Waals surface area (Å²) in [6.45, 7) is 6.27. The first-order valence-corrected chi connectivity index (χ1v) is 6.50. The van der Waals surface area contributed by atoms with Crippen LogP contribution in [0.5, 0.6) is 0 Å². The number of likely N-dealkylation sites (tertiary alicyclic amines) is 1. The summed E-state index contributed by atoms with van der Waals surface area (Å²) in [7, 11) is 2.03. The molecule has 0 unspecified atom stereocenters. The summed E-state index contributed by atoms with van der Waals surface area (Å²) in [5, 5.41) is 7.25. The number of nitrogens with zero attached hydrogens (tertiary/aromatic N) is 3. The van der Waals surface area contributed by atoms with Crippen LogP contribution in [0.4, 0.5) is 0 Å². The van der Waals surface area contributed by atoms with Crippen molar-refractivity contribution in [1.82, 2.24) is 20.4 Å². The van der Waals surface area contributed by atoms with Gasteiger partial charge in [0.25, 0.3) is 0 Å². The maximum Gasteiger partial charge on any atom is 0.226 e. The normalized spacial score (nSPS) is 18.7. The zero-order valence-corrected chi connectivity index (χ0v) is 10.8. The van der Waals surface area contributed by atoms with Gasteiger partial charge < -0.3 is 9.84 Å². The molecular formula is C12H22N4O. The molecule has 96 valence electrons. The van der Waals surface area contributed by atoms with Gasteiger partial charge in [0.05, 0.1) is 6.54 Å². The van der Waals surface area contributed by atoms with Gasteiger partial charge in [-0.05, 0) is 45.4 Å². The monoisotopic (exact) mass is 238 g/mol. The second kappa shape index (κ2) is 6.12. The third-order valence-electron chi connectivity index (χ3n) is 3.38. The molecular weight excluding hydrogens is 216 g/mol. The Labute approximate surface area is 103 Å². The highest BCUT2D eigenvalue weighted by atomic mass is 16.5. The Morgan fingerprint density at radius 2 is 2.18 bits per heavy atom. The fourth-order valence-corrected chi connectivity index (χ4v) is 2.34. The van der Waals surface area contributed by atoms with Gasteiger partial charge in [-0.25, -0.2) is 0 Å². The lowest BCUT2D eigenvalue weighted by molar-refractivity contribution is 0.171. The van der Waals surface area contributed by atoms with Gasteiger partial charge in [0.15, 0.2) is 5.82 Å². The maximum absolute atomic E-state index is 5.12. The third kappa shape index (κ3) is 3.51. The number of aryl methyl sites for hydroxylation is 1. The molecule has 1 fully saturated rings. The average molecular weight is 238 g/mol. The molecule has 1 aliphatic rings. The number of hydrogen-bond acceptors (Lipinski definition) is 5. The van der Waals surface area contributed by atoms with Crippen LogP contribution in [-0.2, 0) is 13.0 Å². The minimum absolute atomic E-state index is 0.741. The van der Waals surface area contributed by atoms with Crippen LogP contribution < -0.4 is 5.32 Å².